The van der Waals surface area contributed by atoms with Crippen LogP contribution in [0.5, 0.6) is 0 Å². The first-order chi connectivity index (χ1) is 18.7. The van der Waals surface area contributed by atoms with Gasteiger partial charge >= 0.3 is 0 Å². The first-order valence-corrected chi connectivity index (χ1v) is 12.6. The second kappa shape index (κ2) is 11.0. The molecular weight excluding hydrogens is 503 g/mol. The fourth-order valence-corrected chi connectivity index (χ4v) is 4.63. The van der Waals surface area contributed by atoms with Crippen molar-refractivity contribution in [3.05, 3.63) is 102 Å². The highest BCUT2D eigenvalue weighted by Crippen LogP contribution is 2.30. The van der Waals surface area contributed by atoms with Crippen molar-refractivity contribution in [2.75, 3.05) is 18.4 Å². The van der Waals surface area contributed by atoms with Crippen LogP contribution >= 0.6 is 0 Å². The van der Waals surface area contributed by atoms with Crippen molar-refractivity contribution in [3.8, 4) is 22.3 Å². The summed E-state index contributed by atoms with van der Waals surface area (Å²) >= 11 is 0. The molecule has 1 atom stereocenters. The van der Waals surface area contributed by atoms with Crippen LogP contribution in [0.15, 0.2) is 79.1 Å². The van der Waals surface area contributed by atoms with E-state index in [1.165, 1.54) is 18.3 Å². The van der Waals surface area contributed by atoms with E-state index >= 15 is 0 Å². The standard InChI is InChI=1S/C30H28F3N5O/c1-19-2-3-23(16-36-19)24-12-20(17-38-11-9-30(32,33)28(34)18-38)13-26(14-24)37-29(39)27-15-22(8-10-35-27)21-4-6-25(31)7-5-21/h2-8,10,12-16,28H,9,11,17-18,34H2,1H3,(H,37,39)/t28-/m1/s1. The van der Waals surface area contributed by atoms with Gasteiger partial charge in [-0.25, -0.2) is 13.2 Å². The zero-order valence-electron chi connectivity index (χ0n) is 21.4. The quantitative estimate of drug-likeness (QED) is 0.335. The molecule has 2 aromatic carbocycles. The Labute approximate surface area is 224 Å². The summed E-state index contributed by atoms with van der Waals surface area (Å²) in [5, 5.41) is 2.92. The van der Waals surface area contributed by atoms with Crippen LogP contribution in [0, 0.1) is 12.7 Å². The van der Waals surface area contributed by atoms with Crippen LogP contribution in [-0.4, -0.2) is 45.8 Å². The molecule has 1 aliphatic heterocycles. The second-order valence-electron chi connectivity index (χ2n) is 9.85. The predicted molar refractivity (Wildman–Crippen MR) is 145 cm³/mol. The number of halogens is 3. The van der Waals surface area contributed by atoms with Crippen LogP contribution in [0.3, 0.4) is 0 Å². The van der Waals surface area contributed by atoms with Crippen molar-refractivity contribution >= 4 is 11.6 Å². The molecule has 1 fully saturated rings. The molecule has 39 heavy (non-hydrogen) atoms. The molecule has 2 aromatic heterocycles. The van der Waals surface area contributed by atoms with Gasteiger partial charge < -0.3 is 11.1 Å². The molecule has 0 unspecified atom stereocenters. The normalized spacial score (nSPS) is 17.1. The van der Waals surface area contributed by atoms with Gasteiger partial charge in [-0.15, -0.1) is 0 Å². The van der Waals surface area contributed by atoms with Gasteiger partial charge in [0, 0.05) is 55.4 Å². The summed E-state index contributed by atoms with van der Waals surface area (Å²) in [6, 6.07) is 17.6. The summed E-state index contributed by atoms with van der Waals surface area (Å²) in [6.07, 6.45) is 2.99. The van der Waals surface area contributed by atoms with E-state index in [2.05, 4.69) is 15.3 Å². The maximum Gasteiger partial charge on any atom is 0.274 e. The van der Waals surface area contributed by atoms with E-state index in [-0.39, 0.29) is 31.0 Å². The van der Waals surface area contributed by atoms with E-state index in [9.17, 15) is 18.0 Å². The number of hydrogen-bond donors (Lipinski definition) is 2. The predicted octanol–water partition coefficient (Wildman–Crippen LogP) is 5.68. The first kappa shape index (κ1) is 26.5. The van der Waals surface area contributed by atoms with Crippen LogP contribution in [0.25, 0.3) is 22.3 Å². The molecule has 0 aliphatic carbocycles. The number of nitrogens with one attached hydrogen (secondary N) is 1. The second-order valence-corrected chi connectivity index (χ2v) is 9.85. The van der Waals surface area contributed by atoms with E-state index in [0.717, 1.165) is 33.5 Å². The number of nitrogens with two attached hydrogens (primary N) is 1. The van der Waals surface area contributed by atoms with Crippen LogP contribution in [-0.2, 0) is 6.54 Å². The number of nitrogens with zero attached hydrogens (tertiary/aromatic N) is 3. The SMILES string of the molecule is Cc1ccc(-c2cc(CN3CCC(F)(F)[C@H](N)C3)cc(NC(=O)c3cc(-c4ccc(F)cc4)ccn3)c2)cn1. The van der Waals surface area contributed by atoms with Crippen molar-refractivity contribution in [1.29, 1.82) is 0 Å². The Hall–Kier alpha value is -4.08. The van der Waals surface area contributed by atoms with Gasteiger partial charge in [0.25, 0.3) is 11.8 Å². The largest absolute Gasteiger partial charge is 0.322 e. The first-order valence-electron chi connectivity index (χ1n) is 12.6. The lowest BCUT2D eigenvalue weighted by molar-refractivity contribution is -0.0738. The van der Waals surface area contributed by atoms with Crippen molar-refractivity contribution < 1.29 is 18.0 Å². The molecule has 9 heteroatoms. The minimum atomic E-state index is -2.87. The minimum Gasteiger partial charge on any atom is -0.322 e. The lowest BCUT2D eigenvalue weighted by Crippen LogP contribution is -2.54. The van der Waals surface area contributed by atoms with E-state index < -0.39 is 17.9 Å². The number of anilines is 1. The highest BCUT2D eigenvalue weighted by atomic mass is 19.3. The van der Waals surface area contributed by atoms with Gasteiger partial charge in [-0.1, -0.05) is 18.2 Å². The Kier molecular flexibility index (Phi) is 7.45. The van der Waals surface area contributed by atoms with Crippen molar-refractivity contribution in [2.24, 2.45) is 5.73 Å². The summed E-state index contributed by atoms with van der Waals surface area (Å²) in [7, 11) is 0. The Balaban J connectivity index is 1.41. The average molecular weight is 532 g/mol. The molecule has 0 radical (unpaired) electrons. The third-order valence-electron chi connectivity index (χ3n) is 6.83. The van der Waals surface area contributed by atoms with Crippen LogP contribution in [0.2, 0.25) is 0 Å². The molecule has 1 saturated heterocycles. The third kappa shape index (κ3) is 6.32. The topological polar surface area (TPSA) is 84.1 Å². The van der Waals surface area contributed by atoms with Crippen molar-refractivity contribution in [3.63, 3.8) is 0 Å². The molecule has 0 spiro atoms. The number of likely N-dealkylation sites (tertiary alicyclic amines) is 1. The molecule has 200 valence electrons. The summed E-state index contributed by atoms with van der Waals surface area (Å²) < 4.78 is 41.2. The monoisotopic (exact) mass is 531 g/mol. The molecule has 0 bridgehead atoms. The van der Waals surface area contributed by atoms with Gasteiger partial charge in [0.15, 0.2) is 0 Å². The number of piperidine rings is 1. The highest BCUT2D eigenvalue weighted by molar-refractivity contribution is 6.03. The summed E-state index contributed by atoms with van der Waals surface area (Å²) in [5.41, 5.74) is 11.4. The highest BCUT2D eigenvalue weighted by Gasteiger charge is 2.41. The van der Waals surface area contributed by atoms with Crippen LogP contribution in [0.4, 0.5) is 18.9 Å². The van der Waals surface area contributed by atoms with Gasteiger partial charge in [0.1, 0.15) is 11.5 Å². The number of aromatic nitrogens is 2. The number of alkyl halides is 2. The number of amides is 1. The van der Waals surface area contributed by atoms with Crippen molar-refractivity contribution in [1.82, 2.24) is 14.9 Å². The number of aryl methyl sites for hydroxylation is 1. The molecule has 6 nitrogen and oxygen atoms in total. The maximum absolute atomic E-state index is 13.9. The number of hydrogen-bond acceptors (Lipinski definition) is 5. The van der Waals surface area contributed by atoms with E-state index in [1.807, 2.05) is 42.2 Å². The van der Waals surface area contributed by atoms with Gasteiger partial charge in [-0.2, -0.15) is 0 Å². The van der Waals surface area contributed by atoms with E-state index in [1.54, 1.807) is 30.5 Å². The number of rotatable bonds is 6. The van der Waals surface area contributed by atoms with E-state index in [0.29, 0.717) is 12.2 Å². The minimum absolute atomic E-state index is 0.0745. The molecule has 5 rings (SSSR count). The van der Waals surface area contributed by atoms with Crippen molar-refractivity contribution in [2.45, 2.75) is 31.9 Å². The lowest BCUT2D eigenvalue weighted by atomic mass is 9.99. The zero-order chi connectivity index (χ0) is 27.6. The Morgan fingerprint density at radius 2 is 1.77 bits per heavy atom. The number of pyridine rings is 2. The number of benzene rings is 2. The number of carbonyl (C=O) groups excluding carboxylic acids is 1. The summed E-state index contributed by atoms with van der Waals surface area (Å²) in [4.78, 5) is 23.7. The van der Waals surface area contributed by atoms with Gasteiger partial charge in [0.2, 0.25) is 0 Å². The molecule has 0 saturated carbocycles. The van der Waals surface area contributed by atoms with Crippen LogP contribution < -0.4 is 11.1 Å². The van der Waals surface area contributed by atoms with Gasteiger partial charge in [-0.3, -0.25) is 19.7 Å². The summed E-state index contributed by atoms with van der Waals surface area (Å²) in [6.45, 7) is 2.59. The molecule has 1 amide bonds. The molecule has 3 N–H and O–H groups in total. The van der Waals surface area contributed by atoms with Crippen LogP contribution in [0.1, 0.15) is 28.2 Å². The Morgan fingerprint density at radius 3 is 2.49 bits per heavy atom. The average Bonchev–Trinajstić information content (AvgIpc) is 2.92. The number of carbonyl (C=O) groups is 1. The maximum atomic E-state index is 13.9. The fourth-order valence-electron chi connectivity index (χ4n) is 4.63. The molecule has 4 aromatic rings. The van der Waals surface area contributed by atoms with E-state index in [4.69, 9.17) is 5.73 Å². The third-order valence-corrected chi connectivity index (χ3v) is 6.83. The molecule has 1 aliphatic rings. The fraction of sp³-hybridized carbons (Fsp3) is 0.233. The Bertz CT molecular complexity index is 1480. The molecule has 3 heterocycles. The lowest BCUT2D eigenvalue weighted by Gasteiger charge is -2.36. The summed E-state index contributed by atoms with van der Waals surface area (Å²) in [5.74, 6) is -3.63. The smallest absolute Gasteiger partial charge is 0.274 e. The van der Waals surface area contributed by atoms with Gasteiger partial charge in [-0.05, 0) is 77.7 Å². The Morgan fingerprint density at radius 1 is 1.00 bits per heavy atom. The zero-order valence-corrected chi connectivity index (χ0v) is 21.4. The van der Waals surface area contributed by atoms with Gasteiger partial charge in [0.05, 0.1) is 6.04 Å². The molecular formula is C30H28F3N5O.